The summed E-state index contributed by atoms with van der Waals surface area (Å²) in [7, 11) is 0. The first-order chi connectivity index (χ1) is 17.6. The third-order valence-corrected chi connectivity index (χ3v) is 6.44. The molecule has 1 fully saturated rings. The number of aromatic nitrogens is 9. The number of hydrogen-bond acceptors (Lipinski definition) is 8. The van der Waals surface area contributed by atoms with Gasteiger partial charge in [0.25, 0.3) is 0 Å². The fourth-order valence-electron chi connectivity index (χ4n) is 4.38. The second-order valence-corrected chi connectivity index (χ2v) is 9.12. The molecule has 1 saturated carbocycles. The highest BCUT2D eigenvalue weighted by Crippen LogP contribution is 2.34. The van der Waals surface area contributed by atoms with Crippen LogP contribution in [0.25, 0.3) is 50.5 Å². The topological polar surface area (TPSA) is 146 Å². The van der Waals surface area contributed by atoms with Crippen molar-refractivity contribution in [1.29, 1.82) is 0 Å². The highest BCUT2D eigenvalue weighted by Gasteiger charge is 2.29. The summed E-state index contributed by atoms with van der Waals surface area (Å²) in [6.45, 7) is 1.93. The number of pyridine rings is 3. The fourth-order valence-corrected chi connectivity index (χ4v) is 4.38. The molecule has 0 saturated heterocycles. The van der Waals surface area contributed by atoms with E-state index in [4.69, 9.17) is 4.98 Å². The molecule has 6 aromatic heterocycles. The Morgan fingerprint density at radius 2 is 2.00 bits per heavy atom. The van der Waals surface area contributed by atoms with Crippen LogP contribution in [0.15, 0.2) is 55.5 Å². The van der Waals surface area contributed by atoms with E-state index in [1.165, 1.54) is 0 Å². The molecule has 0 bridgehead atoms. The van der Waals surface area contributed by atoms with Gasteiger partial charge in [-0.25, -0.2) is 19.9 Å². The van der Waals surface area contributed by atoms with Crippen LogP contribution in [-0.2, 0) is 0 Å². The van der Waals surface area contributed by atoms with E-state index in [0.717, 1.165) is 57.5 Å². The summed E-state index contributed by atoms with van der Waals surface area (Å²) in [6, 6.07) is 5.87. The first-order valence-electron chi connectivity index (χ1n) is 11.7. The van der Waals surface area contributed by atoms with Gasteiger partial charge in [-0.2, -0.15) is 5.10 Å². The lowest BCUT2D eigenvalue weighted by Crippen LogP contribution is -2.20. The fraction of sp³-hybridized carbons (Fsp3) is 0.200. The van der Waals surface area contributed by atoms with Crippen molar-refractivity contribution in [2.75, 3.05) is 5.32 Å². The second-order valence-electron chi connectivity index (χ2n) is 9.12. The van der Waals surface area contributed by atoms with E-state index in [1.54, 1.807) is 31.1 Å². The SMILES string of the molecule is Cc1cn(-c2nccc3[nH]c(-c4[nH]nc5ncc(-c6cncc(NC(O)C7CC7)c6)cc45)nc23)cn1. The smallest absolute Gasteiger partial charge is 0.181 e. The van der Waals surface area contributed by atoms with E-state index in [9.17, 15) is 5.11 Å². The number of H-pyrrole nitrogens is 2. The second kappa shape index (κ2) is 7.95. The first-order valence-corrected chi connectivity index (χ1v) is 11.7. The molecule has 11 heteroatoms. The van der Waals surface area contributed by atoms with Crippen LogP contribution in [0.4, 0.5) is 5.69 Å². The zero-order chi connectivity index (χ0) is 24.2. The number of aliphatic hydroxyl groups excluding tert-OH is 1. The van der Waals surface area contributed by atoms with Crippen molar-refractivity contribution in [2.45, 2.75) is 26.0 Å². The lowest BCUT2D eigenvalue weighted by atomic mass is 10.1. The van der Waals surface area contributed by atoms with Crippen LogP contribution in [0.3, 0.4) is 0 Å². The zero-order valence-electron chi connectivity index (χ0n) is 19.3. The quantitative estimate of drug-likeness (QED) is 0.266. The van der Waals surface area contributed by atoms with E-state index in [-0.39, 0.29) is 0 Å². The molecule has 36 heavy (non-hydrogen) atoms. The van der Waals surface area contributed by atoms with Crippen molar-refractivity contribution in [2.24, 2.45) is 5.92 Å². The molecular weight excluding hydrogens is 456 g/mol. The van der Waals surface area contributed by atoms with E-state index >= 15 is 0 Å². The molecule has 1 atom stereocenters. The lowest BCUT2D eigenvalue weighted by Gasteiger charge is -2.13. The molecule has 1 aliphatic carbocycles. The minimum absolute atomic E-state index is 0.317. The number of hydrogen-bond donors (Lipinski definition) is 4. The van der Waals surface area contributed by atoms with Crippen LogP contribution in [0.2, 0.25) is 0 Å². The van der Waals surface area contributed by atoms with Crippen LogP contribution < -0.4 is 5.32 Å². The molecule has 6 aromatic rings. The van der Waals surface area contributed by atoms with Gasteiger partial charge in [0, 0.05) is 41.8 Å². The van der Waals surface area contributed by atoms with Gasteiger partial charge in [-0.3, -0.25) is 14.6 Å². The molecule has 6 heterocycles. The molecule has 0 radical (unpaired) electrons. The van der Waals surface area contributed by atoms with Gasteiger partial charge in [-0.05, 0) is 38.0 Å². The lowest BCUT2D eigenvalue weighted by molar-refractivity contribution is 0.180. The summed E-state index contributed by atoms with van der Waals surface area (Å²) in [5, 5.41) is 21.7. The summed E-state index contributed by atoms with van der Waals surface area (Å²) in [5.41, 5.74) is 6.34. The van der Waals surface area contributed by atoms with Gasteiger partial charge in [0.1, 0.15) is 23.8 Å². The molecule has 11 nitrogen and oxygen atoms in total. The number of nitrogens with zero attached hydrogens (tertiary/aromatic N) is 7. The molecular formula is C25H22N10O. The third kappa shape index (κ3) is 3.57. The molecule has 0 spiro atoms. The Balaban J connectivity index is 1.28. The number of rotatable bonds is 6. The number of aliphatic hydroxyl groups is 1. The number of nitrogens with one attached hydrogen (secondary N) is 3. The van der Waals surface area contributed by atoms with E-state index < -0.39 is 6.23 Å². The number of anilines is 1. The van der Waals surface area contributed by atoms with E-state index in [2.05, 4.69) is 40.4 Å². The van der Waals surface area contributed by atoms with Crippen LogP contribution in [0.1, 0.15) is 18.5 Å². The molecule has 7 rings (SSSR count). The van der Waals surface area contributed by atoms with Gasteiger partial charge in [-0.15, -0.1) is 0 Å². The minimum atomic E-state index is -0.554. The Kier molecular flexibility index (Phi) is 4.58. The predicted octanol–water partition coefficient (Wildman–Crippen LogP) is 3.59. The molecule has 0 aromatic carbocycles. The van der Waals surface area contributed by atoms with Crippen molar-refractivity contribution in [3.63, 3.8) is 0 Å². The van der Waals surface area contributed by atoms with Crippen LogP contribution in [-0.4, -0.2) is 56.0 Å². The number of fused-ring (bicyclic) bond motifs is 2. The van der Waals surface area contributed by atoms with Crippen molar-refractivity contribution < 1.29 is 5.11 Å². The Hall–Kier alpha value is -4.64. The maximum absolute atomic E-state index is 10.2. The van der Waals surface area contributed by atoms with Crippen molar-refractivity contribution in [1.82, 2.24) is 44.7 Å². The maximum atomic E-state index is 10.2. The first kappa shape index (κ1) is 20.7. The van der Waals surface area contributed by atoms with E-state index in [1.807, 2.05) is 35.9 Å². The largest absolute Gasteiger partial charge is 0.374 e. The van der Waals surface area contributed by atoms with Gasteiger partial charge in [-0.1, -0.05) is 0 Å². The molecule has 178 valence electrons. The van der Waals surface area contributed by atoms with E-state index in [0.29, 0.717) is 23.2 Å². The van der Waals surface area contributed by atoms with Crippen molar-refractivity contribution in [3.8, 4) is 28.5 Å². The highest BCUT2D eigenvalue weighted by molar-refractivity contribution is 5.94. The summed E-state index contributed by atoms with van der Waals surface area (Å²) in [6.07, 6.45) is 12.2. The molecule has 1 unspecified atom stereocenters. The monoisotopic (exact) mass is 478 g/mol. The van der Waals surface area contributed by atoms with Gasteiger partial charge in [0.05, 0.1) is 28.5 Å². The minimum Gasteiger partial charge on any atom is -0.374 e. The molecule has 0 aliphatic heterocycles. The summed E-state index contributed by atoms with van der Waals surface area (Å²) in [5.74, 6) is 1.65. The Labute approximate surface area is 204 Å². The standard InChI is InChI=1S/C25H22N10O/c1-13-11-35(12-29-13)24-21-19(4-5-27-24)31-23(32-21)20-18-7-16(9-28-22(18)34-33-20)15-6-17(10-26-8-15)30-25(36)14-2-3-14/h4-12,14,25,30,36H,2-3H2,1H3,(H,31,32)(H,28,33,34). The average molecular weight is 479 g/mol. The van der Waals surface area contributed by atoms with Crippen LogP contribution in [0.5, 0.6) is 0 Å². The Bertz CT molecular complexity index is 1730. The third-order valence-electron chi connectivity index (χ3n) is 6.44. The van der Waals surface area contributed by atoms with Crippen LogP contribution >= 0.6 is 0 Å². The van der Waals surface area contributed by atoms with Crippen molar-refractivity contribution >= 4 is 27.8 Å². The predicted molar refractivity (Wildman–Crippen MR) is 134 cm³/mol. The number of imidazole rings is 2. The zero-order valence-corrected chi connectivity index (χ0v) is 19.3. The summed E-state index contributed by atoms with van der Waals surface area (Å²) in [4.78, 5) is 26.0. The Morgan fingerprint density at radius 3 is 2.83 bits per heavy atom. The molecule has 0 amide bonds. The Morgan fingerprint density at radius 1 is 1.11 bits per heavy atom. The number of aryl methyl sites for hydroxylation is 1. The van der Waals surface area contributed by atoms with Gasteiger partial charge in [0.2, 0.25) is 0 Å². The summed E-state index contributed by atoms with van der Waals surface area (Å²) >= 11 is 0. The normalized spacial score (nSPS) is 14.5. The number of aromatic amines is 2. The highest BCUT2D eigenvalue weighted by atomic mass is 16.3. The van der Waals surface area contributed by atoms with Crippen LogP contribution in [0, 0.1) is 12.8 Å². The average Bonchev–Trinajstić information content (AvgIpc) is 3.30. The summed E-state index contributed by atoms with van der Waals surface area (Å²) < 4.78 is 1.86. The van der Waals surface area contributed by atoms with Gasteiger partial charge < -0.3 is 15.4 Å². The van der Waals surface area contributed by atoms with Gasteiger partial charge >= 0.3 is 0 Å². The van der Waals surface area contributed by atoms with Gasteiger partial charge in [0.15, 0.2) is 17.3 Å². The molecule has 1 aliphatic rings. The molecule has 4 N–H and O–H groups in total. The van der Waals surface area contributed by atoms with Crippen molar-refractivity contribution in [3.05, 3.63) is 61.2 Å². The maximum Gasteiger partial charge on any atom is 0.181 e.